The van der Waals surface area contributed by atoms with E-state index in [2.05, 4.69) is 26.1 Å². The number of benzene rings is 1. The molecule has 0 aliphatic carbocycles. The van der Waals surface area contributed by atoms with Crippen LogP contribution in [-0.2, 0) is 6.54 Å². The van der Waals surface area contributed by atoms with Crippen molar-refractivity contribution in [2.75, 3.05) is 19.8 Å². The van der Waals surface area contributed by atoms with Crippen molar-refractivity contribution >= 4 is 11.6 Å². The summed E-state index contributed by atoms with van der Waals surface area (Å²) >= 11 is 6.24. The summed E-state index contributed by atoms with van der Waals surface area (Å²) in [5, 5.41) is 13.3. The molecule has 0 amide bonds. The molecule has 4 nitrogen and oxygen atoms in total. The Labute approximate surface area is 131 Å². The van der Waals surface area contributed by atoms with Crippen molar-refractivity contribution in [3.8, 4) is 11.5 Å². The van der Waals surface area contributed by atoms with E-state index in [-0.39, 0.29) is 18.1 Å². The van der Waals surface area contributed by atoms with Crippen molar-refractivity contribution in [2.24, 2.45) is 5.41 Å². The first kappa shape index (κ1) is 16.4. The van der Waals surface area contributed by atoms with Crippen molar-refractivity contribution in [1.29, 1.82) is 0 Å². The molecule has 0 saturated heterocycles. The number of hydrogen-bond donors (Lipinski definition) is 2. The second kappa shape index (κ2) is 6.86. The van der Waals surface area contributed by atoms with E-state index in [1.807, 2.05) is 12.1 Å². The minimum Gasteiger partial charge on any atom is -0.486 e. The van der Waals surface area contributed by atoms with E-state index in [9.17, 15) is 5.11 Å². The number of ether oxygens (including phenoxy) is 2. The van der Waals surface area contributed by atoms with Gasteiger partial charge in [0, 0.05) is 19.2 Å². The lowest BCUT2D eigenvalue weighted by molar-refractivity contribution is 0.171. The lowest BCUT2D eigenvalue weighted by atomic mass is 9.85. The number of aliphatic hydroxyl groups excluding tert-OH is 1. The standard InChI is InChI=1S/C16H24ClNO3/c1-16(2,3)14(4-5-19)18-10-11-8-12(17)15-13(9-11)20-6-7-21-15/h8-9,14,18-19H,4-7,10H2,1-3H3. The lowest BCUT2D eigenvalue weighted by Gasteiger charge is -2.31. The molecule has 0 fully saturated rings. The number of nitrogens with one attached hydrogen (secondary N) is 1. The Balaban J connectivity index is 2.07. The van der Waals surface area contributed by atoms with Crippen LogP contribution < -0.4 is 14.8 Å². The Morgan fingerprint density at radius 3 is 2.67 bits per heavy atom. The molecule has 0 bridgehead atoms. The fraction of sp³-hybridized carbons (Fsp3) is 0.625. The molecule has 2 rings (SSSR count). The molecule has 0 radical (unpaired) electrons. The van der Waals surface area contributed by atoms with Gasteiger partial charge in [0.2, 0.25) is 0 Å². The van der Waals surface area contributed by atoms with E-state index in [0.29, 0.717) is 36.3 Å². The summed E-state index contributed by atoms with van der Waals surface area (Å²) in [6.07, 6.45) is 0.724. The maximum atomic E-state index is 9.20. The van der Waals surface area contributed by atoms with Gasteiger partial charge in [-0.2, -0.15) is 0 Å². The third-order valence-corrected chi connectivity index (χ3v) is 3.95. The van der Waals surface area contributed by atoms with Gasteiger partial charge in [0.15, 0.2) is 11.5 Å². The Hall–Kier alpha value is -0.970. The van der Waals surface area contributed by atoms with Gasteiger partial charge in [-0.05, 0) is 29.5 Å². The van der Waals surface area contributed by atoms with Crippen LogP contribution in [0.2, 0.25) is 5.02 Å². The second-order valence-corrected chi connectivity index (χ2v) is 6.82. The first-order valence-electron chi connectivity index (χ1n) is 7.34. The van der Waals surface area contributed by atoms with Crippen molar-refractivity contribution in [2.45, 2.75) is 39.8 Å². The molecule has 2 N–H and O–H groups in total. The van der Waals surface area contributed by atoms with E-state index >= 15 is 0 Å². The average molecular weight is 314 g/mol. The highest BCUT2D eigenvalue weighted by molar-refractivity contribution is 6.32. The summed E-state index contributed by atoms with van der Waals surface area (Å²) in [7, 11) is 0. The van der Waals surface area contributed by atoms with Crippen LogP contribution in [0, 0.1) is 5.41 Å². The van der Waals surface area contributed by atoms with Crippen LogP contribution in [0.4, 0.5) is 0 Å². The summed E-state index contributed by atoms with van der Waals surface area (Å²) in [6, 6.07) is 4.10. The molecule has 5 heteroatoms. The van der Waals surface area contributed by atoms with Gasteiger partial charge in [-0.25, -0.2) is 0 Å². The van der Waals surface area contributed by atoms with Crippen molar-refractivity contribution in [1.82, 2.24) is 5.32 Å². The predicted molar refractivity (Wildman–Crippen MR) is 84.2 cm³/mol. The lowest BCUT2D eigenvalue weighted by Crippen LogP contribution is -2.40. The zero-order valence-electron chi connectivity index (χ0n) is 12.9. The summed E-state index contributed by atoms with van der Waals surface area (Å²) in [5.74, 6) is 1.34. The van der Waals surface area contributed by atoms with Crippen LogP contribution >= 0.6 is 11.6 Å². The van der Waals surface area contributed by atoms with Gasteiger partial charge >= 0.3 is 0 Å². The van der Waals surface area contributed by atoms with Gasteiger partial charge in [0.1, 0.15) is 13.2 Å². The number of hydrogen-bond acceptors (Lipinski definition) is 4. The highest BCUT2D eigenvalue weighted by atomic mass is 35.5. The first-order chi connectivity index (χ1) is 9.91. The molecule has 1 heterocycles. The molecule has 21 heavy (non-hydrogen) atoms. The van der Waals surface area contributed by atoms with Crippen LogP contribution in [0.25, 0.3) is 0 Å². The number of halogens is 1. The Kier molecular flexibility index (Phi) is 5.36. The van der Waals surface area contributed by atoms with Crippen LogP contribution in [0.3, 0.4) is 0 Å². The Morgan fingerprint density at radius 1 is 1.29 bits per heavy atom. The zero-order valence-corrected chi connectivity index (χ0v) is 13.7. The number of aliphatic hydroxyl groups is 1. The van der Waals surface area contributed by atoms with E-state index in [4.69, 9.17) is 21.1 Å². The van der Waals surface area contributed by atoms with Crippen LogP contribution in [-0.4, -0.2) is 31.0 Å². The van der Waals surface area contributed by atoms with Crippen molar-refractivity contribution in [3.63, 3.8) is 0 Å². The second-order valence-electron chi connectivity index (χ2n) is 6.41. The number of rotatable bonds is 5. The fourth-order valence-electron chi connectivity index (χ4n) is 2.48. The van der Waals surface area contributed by atoms with Gasteiger partial charge in [0.05, 0.1) is 5.02 Å². The van der Waals surface area contributed by atoms with E-state index in [1.54, 1.807) is 0 Å². The van der Waals surface area contributed by atoms with Crippen LogP contribution in [0.1, 0.15) is 32.8 Å². The van der Waals surface area contributed by atoms with E-state index < -0.39 is 0 Å². The fourth-order valence-corrected chi connectivity index (χ4v) is 2.77. The number of fused-ring (bicyclic) bond motifs is 1. The normalized spacial score (nSPS) is 15.9. The average Bonchev–Trinajstić information content (AvgIpc) is 2.42. The highest BCUT2D eigenvalue weighted by Gasteiger charge is 2.24. The van der Waals surface area contributed by atoms with Crippen molar-refractivity contribution in [3.05, 3.63) is 22.7 Å². The molecule has 1 atom stereocenters. The van der Waals surface area contributed by atoms with E-state index in [0.717, 1.165) is 12.0 Å². The molecule has 1 aromatic carbocycles. The highest BCUT2D eigenvalue weighted by Crippen LogP contribution is 2.38. The Bertz CT molecular complexity index is 485. The Morgan fingerprint density at radius 2 is 2.00 bits per heavy atom. The third-order valence-electron chi connectivity index (χ3n) is 3.67. The summed E-state index contributed by atoms with van der Waals surface area (Å²) in [5.41, 5.74) is 1.14. The zero-order chi connectivity index (χ0) is 15.5. The summed E-state index contributed by atoms with van der Waals surface area (Å²) < 4.78 is 11.1. The van der Waals surface area contributed by atoms with Crippen molar-refractivity contribution < 1.29 is 14.6 Å². The molecule has 118 valence electrons. The van der Waals surface area contributed by atoms with Gasteiger partial charge in [0.25, 0.3) is 0 Å². The summed E-state index contributed by atoms with van der Waals surface area (Å²) in [6.45, 7) is 8.43. The quantitative estimate of drug-likeness (QED) is 0.877. The molecule has 1 aliphatic rings. The topological polar surface area (TPSA) is 50.7 Å². The smallest absolute Gasteiger partial charge is 0.179 e. The molecule has 0 aromatic heterocycles. The maximum absolute atomic E-state index is 9.20. The first-order valence-corrected chi connectivity index (χ1v) is 7.72. The van der Waals surface area contributed by atoms with Gasteiger partial charge in [-0.15, -0.1) is 0 Å². The monoisotopic (exact) mass is 313 g/mol. The van der Waals surface area contributed by atoms with Crippen LogP contribution in [0.15, 0.2) is 12.1 Å². The maximum Gasteiger partial charge on any atom is 0.179 e. The van der Waals surface area contributed by atoms with E-state index in [1.165, 1.54) is 0 Å². The largest absolute Gasteiger partial charge is 0.486 e. The molecule has 0 saturated carbocycles. The minimum absolute atomic E-state index is 0.0837. The molecular weight excluding hydrogens is 290 g/mol. The SMILES string of the molecule is CC(C)(C)C(CCO)NCc1cc(Cl)c2c(c1)OCCO2. The van der Waals surface area contributed by atoms with Gasteiger partial charge in [-0.1, -0.05) is 32.4 Å². The molecular formula is C16H24ClNO3. The molecule has 1 aliphatic heterocycles. The molecule has 1 aromatic rings. The van der Waals surface area contributed by atoms with Gasteiger partial charge in [-0.3, -0.25) is 0 Å². The molecule has 1 unspecified atom stereocenters. The van der Waals surface area contributed by atoms with Crippen LogP contribution in [0.5, 0.6) is 11.5 Å². The summed E-state index contributed by atoms with van der Waals surface area (Å²) in [4.78, 5) is 0. The minimum atomic E-state index is 0.0837. The van der Waals surface area contributed by atoms with Gasteiger partial charge < -0.3 is 19.9 Å². The third kappa shape index (κ3) is 4.25. The predicted octanol–water partition coefficient (Wildman–Crippen LogP) is 3.00. The molecule has 0 spiro atoms.